The summed E-state index contributed by atoms with van der Waals surface area (Å²) in [4.78, 5) is 12.2. The summed E-state index contributed by atoms with van der Waals surface area (Å²) in [6.45, 7) is 7.03. The van der Waals surface area contributed by atoms with Crippen molar-refractivity contribution in [3.63, 3.8) is 0 Å². The molecule has 4 heteroatoms. The van der Waals surface area contributed by atoms with Gasteiger partial charge in [0.1, 0.15) is 0 Å². The van der Waals surface area contributed by atoms with Crippen LogP contribution in [0.4, 0.5) is 4.79 Å². The van der Waals surface area contributed by atoms with Gasteiger partial charge in [-0.25, -0.2) is 4.79 Å². The number of urea groups is 1. The molecule has 0 saturated heterocycles. The van der Waals surface area contributed by atoms with Crippen LogP contribution in [0.3, 0.4) is 0 Å². The zero-order valence-electron chi connectivity index (χ0n) is 13.1. The molecule has 21 heavy (non-hydrogen) atoms. The van der Waals surface area contributed by atoms with E-state index in [0.717, 1.165) is 18.4 Å². The van der Waals surface area contributed by atoms with E-state index < -0.39 is 0 Å². The number of aliphatic hydroxyl groups is 1. The SMILES string of the molecule is CC(C)(C)C(NC(=O)NCC1(CO)CC1)c1ccccc1. The number of rotatable bonds is 5. The summed E-state index contributed by atoms with van der Waals surface area (Å²) in [6.07, 6.45) is 1.98. The number of amides is 2. The molecule has 1 unspecified atom stereocenters. The van der Waals surface area contributed by atoms with Crippen LogP contribution in [0.15, 0.2) is 30.3 Å². The second-order valence-electron chi connectivity index (χ2n) is 7.19. The molecule has 0 radical (unpaired) electrons. The quantitative estimate of drug-likeness (QED) is 0.781. The lowest BCUT2D eigenvalue weighted by Gasteiger charge is -2.32. The first-order chi connectivity index (χ1) is 9.86. The van der Waals surface area contributed by atoms with Gasteiger partial charge >= 0.3 is 6.03 Å². The highest BCUT2D eigenvalue weighted by molar-refractivity contribution is 5.74. The van der Waals surface area contributed by atoms with E-state index in [4.69, 9.17) is 0 Å². The fourth-order valence-corrected chi connectivity index (χ4v) is 2.46. The van der Waals surface area contributed by atoms with E-state index >= 15 is 0 Å². The summed E-state index contributed by atoms with van der Waals surface area (Å²) in [7, 11) is 0. The predicted molar refractivity (Wildman–Crippen MR) is 83.9 cm³/mol. The molecule has 1 saturated carbocycles. The molecule has 1 fully saturated rings. The molecule has 1 aromatic carbocycles. The number of hydrogen-bond donors (Lipinski definition) is 3. The highest BCUT2D eigenvalue weighted by Crippen LogP contribution is 2.44. The van der Waals surface area contributed by atoms with E-state index in [1.54, 1.807) is 0 Å². The van der Waals surface area contributed by atoms with Crippen LogP contribution in [-0.4, -0.2) is 24.3 Å². The van der Waals surface area contributed by atoms with Crippen LogP contribution in [0.25, 0.3) is 0 Å². The van der Waals surface area contributed by atoms with Crippen LogP contribution in [0.2, 0.25) is 0 Å². The van der Waals surface area contributed by atoms with Gasteiger partial charge in [0, 0.05) is 12.0 Å². The van der Waals surface area contributed by atoms with Crippen molar-refractivity contribution in [2.75, 3.05) is 13.2 Å². The lowest BCUT2D eigenvalue weighted by atomic mass is 9.82. The lowest BCUT2D eigenvalue weighted by molar-refractivity contribution is 0.196. The Morgan fingerprint density at radius 2 is 1.90 bits per heavy atom. The minimum atomic E-state index is -0.168. The molecule has 0 aromatic heterocycles. The van der Waals surface area contributed by atoms with Crippen molar-refractivity contribution in [2.45, 2.75) is 39.7 Å². The predicted octanol–water partition coefficient (Wildman–Crippen LogP) is 2.85. The minimum Gasteiger partial charge on any atom is -0.396 e. The van der Waals surface area contributed by atoms with Crippen molar-refractivity contribution in [2.24, 2.45) is 10.8 Å². The van der Waals surface area contributed by atoms with Crippen LogP contribution >= 0.6 is 0 Å². The summed E-state index contributed by atoms with van der Waals surface area (Å²) in [5, 5.41) is 15.3. The summed E-state index contributed by atoms with van der Waals surface area (Å²) in [5.41, 5.74) is 0.956. The number of nitrogens with one attached hydrogen (secondary N) is 2. The maximum atomic E-state index is 12.2. The number of benzene rings is 1. The van der Waals surface area contributed by atoms with Crippen molar-refractivity contribution >= 4 is 6.03 Å². The smallest absolute Gasteiger partial charge is 0.315 e. The molecule has 4 nitrogen and oxygen atoms in total. The molecule has 0 heterocycles. The third-order valence-electron chi connectivity index (χ3n) is 4.19. The zero-order chi connectivity index (χ0) is 15.5. The fourth-order valence-electron chi connectivity index (χ4n) is 2.46. The molecule has 0 aliphatic heterocycles. The Labute approximate surface area is 126 Å². The first-order valence-corrected chi connectivity index (χ1v) is 7.56. The van der Waals surface area contributed by atoms with Crippen LogP contribution in [0.1, 0.15) is 45.2 Å². The molecular formula is C17H26N2O2. The van der Waals surface area contributed by atoms with Gasteiger partial charge in [0.05, 0.1) is 12.6 Å². The van der Waals surface area contributed by atoms with Gasteiger partial charge in [0.25, 0.3) is 0 Å². The highest BCUT2D eigenvalue weighted by Gasteiger charge is 2.42. The average molecular weight is 290 g/mol. The van der Waals surface area contributed by atoms with Crippen LogP contribution < -0.4 is 10.6 Å². The molecule has 1 aromatic rings. The molecule has 0 spiro atoms. The van der Waals surface area contributed by atoms with Gasteiger partial charge in [-0.3, -0.25) is 0 Å². The van der Waals surface area contributed by atoms with Crippen molar-refractivity contribution < 1.29 is 9.90 Å². The molecule has 1 atom stereocenters. The molecule has 1 aliphatic rings. The Morgan fingerprint density at radius 1 is 1.29 bits per heavy atom. The lowest BCUT2D eigenvalue weighted by Crippen LogP contribution is -2.44. The standard InChI is InChI=1S/C17H26N2O2/c1-16(2,3)14(13-7-5-4-6-8-13)19-15(21)18-11-17(12-20)9-10-17/h4-8,14,20H,9-12H2,1-3H3,(H2,18,19,21). The molecule has 3 N–H and O–H groups in total. The maximum absolute atomic E-state index is 12.2. The van der Waals surface area contributed by atoms with E-state index in [-0.39, 0.29) is 29.5 Å². The summed E-state index contributed by atoms with van der Waals surface area (Å²) in [5.74, 6) is 0. The highest BCUT2D eigenvalue weighted by atomic mass is 16.3. The first-order valence-electron chi connectivity index (χ1n) is 7.56. The Balaban J connectivity index is 1.97. The molecular weight excluding hydrogens is 264 g/mol. The molecule has 1 aliphatic carbocycles. The van der Waals surface area contributed by atoms with Crippen molar-refractivity contribution in [3.05, 3.63) is 35.9 Å². The topological polar surface area (TPSA) is 61.4 Å². The van der Waals surface area contributed by atoms with E-state index in [0.29, 0.717) is 6.54 Å². The normalized spacial score (nSPS) is 17.9. The van der Waals surface area contributed by atoms with Gasteiger partial charge in [-0.1, -0.05) is 51.1 Å². The molecule has 2 amide bonds. The monoisotopic (exact) mass is 290 g/mol. The number of aliphatic hydroxyl groups excluding tert-OH is 1. The first kappa shape index (κ1) is 15.8. The molecule has 0 bridgehead atoms. The third kappa shape index (κ3) is 4.21. The number of carbonyl (C=O) groups is 1. The third-order valence-corrected chi connectivity index (χ3v) is 4.19. The minimum absolute atomic E-state index is 0.0528. The second kappa shape index (κ2) is 6.06. The fraction of sp³-hybridized carbons (Fsp3) is 0.588. The Kier molecular flexibility index (Phi) is 4.57. The molecule has 116 valence electrons. The van der Waals surface area contributed by atoms with E-state index in [2.05, 4.69) is 31.4 Å². The maximum Gasteiger partial charge on any atom is 0.315 e. The van der Waals surface area contributed by atoms with Crippen molar-refractivity contribution in [3.8, 4) is 0 Å². The van der Waals surface area contributed by atoms with Crippen molar-refractivity contribution in [1.29, 1.82) is 0 Å². The van der Waals surface area contributed by atoms with E-state index in [1.807, 2.05) is 30.3 Å². The van der Waals surface area contributed by atoms with Gasteiger partial charge in [-0.2, -0.15) is 0 Å². The van der Waals surface area contributed by atoms with Gasteiger partial charge in [0.2, 0.25) is 0 Å². The van der Waals surface area contributed by atoms with E-state index in [1.165, 1.54) is 0 Å². The van der Waals surface area contributed by atoms with Crippen LogP contribution in [0, 0.1) is 10.8 Å². The van der Waals surface area contributed by atoms with E-state index in [9.17, 15) is 9.90 Å². The van der Waals surface area contributed by atoms with Crippen LogP contribution in [-0.2, 0) is 0 Å². The molecule has 2 rings (SSSR count). The van der Waals surface area contributed by atoms with Gasteiger partial charge in [-0.15, -0.1) is 0 Å². The zero-order valence-corrected chi connectivity index (χ0v) is 13.1. The average Bonchev–Trinajstić information content (AvgIpc) is 3.23. The van der Waals surface area contributed by atoms with Gasteiger partial charge < -0.3 is 15.7 Å². The van der Waals surface area contributed by atoms with Gasteiger partial charge in [0.15, 0.2) is 0 Å². The Bertz CT molecular complexity index is 475. The summed E-state index contributed by atoms with van der Waals surface area (Å²) < 4.78 is 0. The number of hydrogen-bond acceptors (Lipinski definition) is 2. The largest absolute Gasteiger partial charge is 0.396 e. The second-order valence-corrected chi connectivity index (χ2v) is 7.19. The Hall–Kier alpha value is -1.55. The van der Waals surface area contributed by atoms with Crippen LogP contribution in [0.5, 0.6) is 0 Å². The number of carbonyl (C=O) groups excluding carboxylic acids is 1. The van der Waals surface area contributed by atoms with Crippen molar-refractivity contribution in [1.82, 2.24) is 10.6 Å². The summed E-state index contributed by atoms with van der Waals surface area (Å²) in [6, 6.07) is 9.79. The summed E-state index contributed by atoms with van der Waals surface area (Å²) >= 11 is 0. The van der Waals surface area contributed by atoms with Gasteiger partial charge in [-0.05, 0) is 23.8 Å². The Morgan fingerprint density at radius 3 is 2.38 bits per heavy atom.